The smallest absolute Gasteiger partial charge is 0.407 e. The zero-order valence-electron chi connectivity index (χ0n) is 34.8. The van der Waals surface area contributed by atoms with Crippen molar-refractivity contribution in [2.24, 2.45) is 4.99 Å². The number of aromatic amines is 2. The second-order valence-corrected chi connectivity index (χ2v) is 15.8. The number of nitrogens with one attached hydrogen (secondary N) is 3. The summed E-state index contributed by atoms with van der Waals surface area (Å²) in [7, 11) is 2.68. The van der Waals surface area contributed by atoms with Crippen LogP contribution in [-0.2, 0) is 24.1 Å². The molecule has 0 unspecified atom stereocenters. The summed E-state index contributed by atoms with van der Waals surface area (Å²) in [5, 5.41) is 2.74. The normalized spacial score (nSPS) is 19.1. The highest BCUT2D eigenvalue weighted by Gasteiger charge is 2.38. The van der Waals surface area contributed by atoms with E-state index in [1.807, 2.05) is 76.5 Å². The molecule has 16 heteroatoms. The van der Waals surface area contributed by atoms with Crippen LogP contribution in [-0.4, -0.2) is 108 Å². The summed E-state index contributed by atoms with van der Waals surface area (Å²) in [5.41, 5.74) is 7.23. The number of likely N-dealkylation sites (tertiary alicyclic amines) is 2. The molecule has 0 saturated carbocycles. The third kappa shape index (κ3) is 8.25. The maximum absolute atomic E-state index is 14.0. The second-order valence-electron chi connectivity index (χ2n) is 15.8. The number of carbonyl (C=O) groups is 3. The maximum atomic E-state index is 14.0. The van der Waals surface area contributed by atoms with E-state index in [1.165, 1.54) is 20.6 Å². The van der Waals surface area contributed by atoms with Gasteiger partial charge in [0.1, 0.15) is 17.7 Å². The zero-order chi connectivity index (χ0) is 42.6. The molecule has 6 aromatic rings. The molecule has 4 atom stereocenters. The SMILES string of the molecule is COOC=N[C@H](C(=O)N1CCC[C@H]1c1nc2ccc(N3CCN(c4ccc5nc([C@@H]6CCCN6C(=O)[C@H](NC(=O)OC)c6ccccc6)[nH]c5c4)CC3)cc2[nH]1)c1ccccc1. The van der Waals surface area contributed by atoms with E-state index in [0.29, 0.717) is 18.7 Å². The first-order valence-electron chi connectivity index (χ1n) is 21.1. The first-order valence-corrected chi connectivity index (χ1v) is 21.1. The average molecular weight is 839 g/mol. The summed E-state index contributed by atoms with van der Waals surface area (Å²) in [6.45, 7) is 4.50. The van der Waals surface area contributed by atoms with Gasteiger partial charge in [-0.3, -0.25) is 9.59 Å². The number of hydrogen-bond acceptors (Lipinski definition) is 11. The molecule has 0 bridgehead atoms. The Hall–Kier alpha value is -6.94. The molecule has 62 heavy (non-hydrogen) atoms. The molecular weight excluding hydrogens is 789 g/mol. The summed E-state index contributed by atoms with van der Waals surface area (Å²) in [6.07, 6.45) is 3.77. The topological polar surface area (TPSA) is 174 Å². The van der Waals surface area contributed by atoms with Gasteiger partial charge in [0.2, 0.25) is 6.40 Å². The lowest BCUT2D eigenvalue weighted by molar-refractivity contribution is -0.188. The highest BCUT2D eigenvalue weighted by Crippen LogP contribution is 2.37. The molecular formula is C46H50N10O6. The van der Waals surface area contributed by atoms with Crippen LogP contribution in [0, 0.1) is 0 Å². The van der Waals surface area contributed by atoms with Crippen LogP contribution < -0.4 is 15.1 Å². The van der Waals surface area contributed by atoms with Gasteiger partial charge in [0.05, 0.1) is 48.4 Å². The molecule has 3 amide bonds. The molecule has 2 aromatic heterocycles. The molecule has 16 nitrogen and oxygen atoms in total. The number of H-pyrrole nitrogens is 2. The Balaban J connectivity index is 0.858. The molecule has 0 aliphatic carbocycles. The number of anilines is 2. The minimum atomic E-state index is -0.875. The van der Waals surface area contributed by atoms with Gasteiger partial charge in [-0.25, -0.2) is 19.8 Å². The highest BCUT2D eigenvalue weighted by atomic mass is 17.2. The van der Waals surface area contributed by atoms with E-state index < -0.39 is 18.2 Å². The van der Waals surface area contributed by atoms with E-state index >= 15 is 0 Å². The molecule has 4 aromatic carbocycles. The number of carbonyl (C=O) groups excluding carboxylic acids is 3. The number of fused-ring (bicyclic) bond motifs is 2. The number of methoxy groups -OCH3 is 1. The van der Waals surface area contributed by atoms with Crippen molar-refractivity contribution in [1.29, 1.82) is 0 Å². The van der Waals surface area contributed by atoms with Crippen molar-refractivity contribution in [2.45, 2.75) is 49.9 Å². The monoisotopic (exact) mass is 838 g/mol. The van der Waals surface area contributed by atoms with Crippen LogP contribution in [0.25, 0.3) is 22.1 Å². The number of ether oxygens (including phenoxy) is 1. The number of imidazole rings is 2. The Bertz CT molecular complexity index is 2550. The molecule has 3 N–H and O–H groups in total. The van der Waals surface area contributed by atoms with Gasteiger partial charge < -0.3 is 44.5 Å². The van der Waals surface area contributed by atoms with Crippen molar-refractivity contribution in [3.05, 3.63) is 120 Å². The molecule has 320 valence electrons. The molecule has 0 radical (unpaired) electrons. The Kier molecular flexibility index (Phi) is 11.7. The van der Waals surface area contributed by atoms with Crippen molar-refractivity contribution in [3.63, 3.8) is 0 Å². The van der Waals surface area contributed by atoms with Crippen molar-refractivity contribution in [1.82, 2.24) is 35.1 Å². The summed E-state index contributed by atoms with van der Waals surface area (Å²) in [4.78, 5) is 79.8. The predicted molar refractivity (Wildman–Crippen MR) is 234 cm³/mol. The number of benzene rings is 4. The molecule has 9 rings (SSSR count). The average Bonchev–Trinajstić information content (AvgIpc) is 4.15. The largest absolute Gasteiger partial charge is 0.453 e. The molecule has 3 aliphatic rings. The molecule has 3 fully saturated rings. The number of aromatic nitrogens is 4. The van der Waals surface area contributed by atoms with Crippen molar-refractivity contribution < 1.29 is 28.9 Å². The van der Waals surface area contributed by atoms with Crippen LogP contribution in [0.3, 0.4) is 0 Å². The molecule has 0 spiro atoms. The van der Waals surface area contributed by atoms with Crippen molar-refractivity contribution >= 4 is 57.7 Å². The Morgan fingerprint density at radius 1 is 0.694 bits per heavy atom. The van der Waals surface area contributed by atoms with Crippen LogP contribution in [0.1, 0.15) is 72.6 Å². The first-order chi connectivity index (χ1) is 30.4. The van der Waals surface area contributed by atoms with Gasteiger partial charge in [-0.05, 0) is 73.2 Å². The minimum absolute atomic E-state index is 0.114. The fourth-order valence-corrected chi connectivity index (χ4v) is 9.09. The fraction of sp³-hybridized carbons (Fsp3) is 0.348. The summed E-state index contributed by atoms with van der Waals surface area (Å²) >= 11 is 0. The summed E-state index contributed by atoms with van der Waals surface area (Å²) < 4.78 is 4.86. The molecule has 3 aliphatic heterocycles. The third-order valence-electron chi connectivity index (χ3n) is 12.2. The fourth-order valence-electron chi connectivity index (χ4n) is 9.09. The lowest BCUT2D eigenvalue weighted by atomic mass is 10.1. The number of nitrogens with zero attached hydrogens (tertiary/aromatic N) is 7. The van der Waals surface area contributed by atoms with Crippen molar-refractivity contribution in [3.8, 4) is 0 Å². The van der Waals surface area contributed by atoms with E-state index in [1.54, 1.807) is 0 Å². The van der Waals surface area contributed by atoms with Gasteiger partial charge >= 0.3 is 6.09 Å². The van der Waals surface area contributed by atoms with Gasteiger partial charge in [0.15, 0.2) is 6.04 Å². The number of hydrogen-bond donors (Lipinski definition) is 3. The zero-order valence-corrected chi connectivity index (χ0v) is 34.8. The van der Waals surface area contributed by atoms with Gasteiger partial charge in [0, 0.05) is 50.6 Å². The second kappa shape index (κ2) is 18.0. The first kappa shape index (κ1) is 40.5. The quantitative estimate of drug-likeness (QED) is 0.0532. The summed E-state index contributed by atoms with van der Waals surface area (Å²) in [5.74, 6) is 1.20. The predicted octanol–water partition coefficient (Wildman–Crippen LogP) is 6.54. The lowest BCUT2D eigenvalue weighted by Gasteiger charge is -2.37. The van der Waals surface area contributed by atoms with Crippen LogP contribution in [0.2, 0.25) is 0 Å². The van der Waals surface area contributed by atoms with E-state index in [0.717, 1.165) is 103 Å². The van der Waals surface area contributed by atoms with Gasteiger partial charge in [0.25, 0.3) is 11.8 Å². The molecule has 3 saturated heterocycles. The van der Waals surface area contributed by atoms with E-state index in [9.17, 15) is 14.4 Å². The Morgan fingerprint density at radius 2 is 1.21 bits per heavy atom. The standard InChI is InChI=1S/C46H50N10O6/c1-60-46(59)52-41(31-13-7-4-8-14-31)45(58)56-22-10-16-39(56)43-49-35-20-18-33(28-37(35)51-43)54-25-23-53(24-26-54)32-17-19-34-36(27-32)50-42(48-34)38-15-9-21-55(38)44(57)40(47-29-62-61-2)30-11-5-3-6-12-30/h3-8,11-14,17-20,27-29,38-41H,9-10,15-16,21-26H2,1-2H3,(H,48,50)(H,49,51)(H,52,59)/t38-,39-,40-,41+/m0/s1. The van der Waals surface area contributed by atoms with Crippen LogP contribution in [0.15, 0.2) is 102 Å². The number of piperazine rings is 1. The van der Waals surface area contributed by atoms with Gasteiger partial charge in [-0.2, -0.15) is 4.89 Å². The van der Waals surface area contributed by atoms with E-state index in [2.05, 4.69) is 65.3 Å². The number of aliphatic imine (C=N–C) groups is 1. The van der Waals surface area contributed by atoms with E-state index in [4.69, 9.17) is 19.6 Å². The Morgan fingerprint density at radius 3 is 1.73 bits per heavy atom. The molecule has 5 heterocycles. The maximum Gasteiger partial charge on any atom is 0.407 e. The van der Waals surface area contributed by atoms with Gasteiger partial charge in [-0.1, -0.05) is 60.7 Å². The van der Waals surface area contributed by atoms with Crippen LogP contribution in [0.5, 0.6) is 0 Å². The van der Waals surface area contributed by atoms with Gasteiger partial charge in [-0.15, -0.1) is 0 Å². The Labute approximate surface area is 358 Å². The summed E-state index contributed by atoms with van der Waals surface area (Å²) in [6, 6.07) is 29.3. The number of alkyl carbamates (subject to hydrolysis) is 1. The highest BCUT2D eigenvalue weighted by molar-refractivity contribution is 5.88. The third-order valence-corrected chi connectivity index (χ3v) is 12.2. The van der Waals surface area contributed by atoms with Crippen LogP contribution >= 0.6 is 0 Å². The van der Waals surface area contributed by atoms with Crippen molar-refractivity contribution in [2.75, 3.05) is 63.3 Å². The van der Waals surface area contributed by atoms with Crippen LogP contribution in [0.4, 0.5) is 16.2 Å². The van der Waals surface area contributed by atoms with E-state index in [-0.39, 0.29) is 23.9 Å². The lowest BCUT2D eigenvalue weighted by Crippen LogP contribution is -2.46. The minimum Gasteiger partial charge on any atom is -0.453 e. The number of amides is 3. The number of rotatable bonds is 12.